The second-order valence-electron chi connectivity index (χ2n) is 7.45. The highest BCUT2D eigenvalue weighted by Crippen LogP contribution is 2.36. The van der Waals surface area contributed by atoms with Gasteiger partial charge in [-0.05, 0) is 68.9 Å². The summed E-state index contributed by atoms with van der Waals surface area (Å²) in [6.07, 6.45) is 0. The van der Waals surface area contributed by atoms with Gasteiger partial charge < -0.3 is 9.15 Å². The number of methoxy groups -OCH3 is 1. The minimum Gasteiger partial charge on any atom is -0.497 e. The van der Waals surface area contributed by atoms with Gasteiger partial charge in [0.05, 0.1) is 21.8 Å². The second-order valence-corrected chi connectivity index (χ2v) is 10.1. The molecule has 2 aromatic carbocycles. The van der Waals surface area contributed by atoms with Gasteiger partial charge in [0.1, 0.15) is 5.75 Å². The van der Waals surface area contributed by atoms with Crippen molar-refractivity contribution in [3.63, 3.8) is 0 Å². The standard InChI is InChI=1S/C19H20N4O6S2/c1-19(2,3)22-31(26,27)14-9-10-16(15(11-14)23(24)25)30-18-21-20-17(29-18)12-5-7-13(28-4)8-6-12/h5-11,22H,1-4H3. The van der Waals surface area contributed by atoms with E-state index in [-0.39, 0.29) is 26.6 Å². The fourth-order valence-corrected chi connectivity index (χ4v) is 4.75. The number of nitrogens with one attached hydrogen (secondary N) is 1. The van der Waals surface area contributed by atoms with Crippen LogP contribution in [0.4, 0.5) is 5.69 Å². The van der Waals surface area contributed by atoms with Crippen LogP contribution in [0.1, 0.15) is 20.8 Å². The molecule has 0 amide bonds. The average molecular weight is 465 g/mol. The zero-order valence-corrected chi connectivity index (χ0v) is 18.8. The Bertz CT molecular complexity index is 1200. The van der Waals surface area contributed by atoms with E-state index in [0.717, 1.165) is 17.8 Å². The molecule has 1 heterocycles. The van der Waals surface area contributed by atoms with Gasteiger partial charge in [-0.2, -0.15) is 0 Å². The van der Waals surface area contributed by atoms with Gasteiger partial charge in [0.2, 0.25) is 15.9 Å². The lowest BCUT2D eigenvalue weighted by atomic mass is 10.1. The molecule has 0 radical (unpaired) electrons. The van der Waals surface area contributed by atoms with Gasteiger partial charge in [-0.25, -0.2) is 13.1 Å². The van der Waals surface area contributed by atoms with E-state index in [0.29, 0.717) is 11.3 Å². The van der Waals surface area contributed by atoms with E-state index in [4.69, 9.17) is 9.15 Å². The van der Waals surface area contributed by atoms with Crippen LogP contribution >= 0.6 is 11.8 Å². The van der Waals surface area contributed by atoms with Crippen LogP contribution in [0.5, 0.6) is 5.75 Å². The molecule has 0 unspecified atom stereocenters. The summed E-state index contributed by atoms with van der Waals surface area (Å²) in [5.74, 6) is 0.908. The summed E-state index contributed by atoms with van der Waals surface area (Å²) < 4.78 is 38.2. The van der Waals surface area contributed by atoms with Crippen molar-refractivity contribution < 1.29 is 22.5 Å². The van der Waals surface area contributed by atoms with Crippen molar-refractivity contribution >= 4 is 27.5 Å². The van der Waals surface area contributed by atoms with Crippen LogP contribution in [-0.4, -0.2) is 36.2 Å². The Labute approximate surface area is 183 Å². The fraction of sp³-hybridized carbons (Fsp3) is 0.263. The van der Waals surface area contributed by atoms with Crippen LogP contribution in [0.25, 0.3) is 11.5 Å². The van der Waals surface area contributed by atoms with Crippen LogP contribution < -0.4 is 9.46 Å². The first-order chi connectivity index (χ1) is 14.5. The van der Waals surface area contributed by atoms with E-state index in [1.54, 1.807) is 52.1 Å². The number of ether oxygens (including phenoxy) is 1. The minimum absolute atomic E-state index is 0.0809. The van der Waals surface area contributed by atoms with Gasteiger partial charge in [0.25, 0.3) is 10.9 Å². The molecule has 0 spiro atoms. The molecule has 3 aromatic rings. The molecule has 0 saturated heterocycles. The molecular weight excluding hydrogens is 444 g/mol. The summed E-state index contributed by atoms with van der Waals surface area (Å²) in [5.41, 5.74) is -0.460. The maximum absolute atomic E-state index is 12.5. The summed E-state index contributed by atoms with van der Waals surface area (Å²) in [4.78, 5) is 10.9. The molecule has 0 atom stereocenters. The Balaban J connectivity index is 1.88. The molecular formula is C19H20N4O6S2. The predicted molar refractivity (Wildman–Crippen MR) is 114 cm³/mol. The number of aromatic nitrogens is 2. The third-order valence-electron chi connectivity index (χ3n) is 3.82. The third-order valence-corrected chi connectivity index (χ3v) is 6.48. The maximum Gasteiger partial charge on any atom is 0.284 e. The molecule has 12 heteroatoms. The van der Waals surface area contributed by atoms with Crippen molar-refractivity contribution in [2.24, 2.45) is 0 Å². The molecule has 10 nitrogen and oxygen atoms in total. The van der Waals surface area contributed by atoms with Crippen molar-refractivity contribution in [3.8, 4) is 17.2 Å². The maximum atomic E-state index is 12.5. The molecule has 0 aliphatic carbocycles. The number of nitro groups is 1. The first kappa shape index (κ1) is 22.7. The Morgan fingerprint density at radius 3 is 2.39 bits per heavy atom. The highest BCUT2D eigenvalue weighted by molar-refractivity contribution is 7.99. The number of nitro benzene ring substituents is 1. The summed E-state index contributed by atoms with van der Waals surface area (Å²) >= 11 is 0.876. The highest BCUT2D eigenvalue weighted by Gasteiger charge is 2.26. The van der Waals surface area contributed by atoms with Gasteiger partial charge in [0, 0.05) is 17.2 Å². The van der Waals surface area contributed by atoms with Gasteiger partial charge in [0.15, 0.2) is 0 Å². The van der Waals surface area contributed by atoms with E-state index in [1.807, 2.05) is 0 Å². The number of hydrogen-bond acceptors (Lipinski definition) is 9. The number of hydrogen-bond donors (Lipinski definition) is 1. The first-order valence-corrected chi connectivity index (χ1v) is 11.3. The highest BCUT2D eigenvalue weighted by atomic mass is 32.2. The van der Waals surface area contributed by atoms with Crippen molar-refractivity contribution in [1.29, 1.82) is 0 Å². The van der Waals surface area contributed by atoms with Gasteiger partial charge in [-0.15, -0.1) is 10.2 Å². The van der Waals surface area contributed by atoms with E-state index in [9.17, 15) is 18.5 Å². The summed E-state index contributed by atoms with van der Waals surface area (Å²) in [7, 11) is -2.37. The van der Waals surface area contributed by atoms with E-state index < -0.39 is 20.5 Å². The van der Waals surface area contributed by atoms with Gasteiger partial charge >= 0.3 is 0 Å². The molecule has 0 aliphatic rings. The molecule has 3 rings (SSSR count). The average Bonchev–Trinajstić information content (AvgIpc) is 3.14. The molecule has 1 N–H and O–H groups in total. The van der Waals surface area contributed by atoms with Gasteiger partial charge in [-0.1, -0.05) is 0 Å². The molecule has 0 aliphatic heterocycles. The van der Waals surface area contributed by atoms with Crippen molar-refractivity contribution in [1.82, 2.24) is 14.9 Å². The first-order valence-electron chi connectivity index (χ1n) is 8.97. The molecule has 164 valence electrons. The Kier molecular flexibility index (Phi) is 6.34. The van der Waals surface area contributed by atoms with Gasteiger partial charge in [-0.3, -0.25) is 10.1 Å². The number of nitrogens with zero attached hydrogens (tertiary/aromatic N) is 3. The summed E-state index contributed by atoms with van der Waals surface area (Å²) in [5, 5.41) is 19.5. The molecule has 0 fully saturated rings. The van der Waals surface area contributed by atoms with Crippen molar-refractivity contribution in [2.45, 2.75) is 41.3 Å². The van der Waals surface area contributed by atoms with Crippen LogP contribution in [0, 0.1) is 10.1 Å². The fourth-order valence-electron chi connectivity index (χ4n) is 2.55. The van der Waals surface area contributed by atoms with E-state index >= 15 is 0 Å². The Morgan fingerprint density at radius 1 is 1.13 bits per heavy atom. The molecule has 0 saturated carbocycles. The Hall–Kier alpha value is -2.96. The quantitative estimate of drug-likeness (QED) is 0.408. The topological polar surface area (TPSA) is 137 Å². The van der Waals surface area contributed by atoms with Crippen molar-refractivity contribution in [3.05, 3.63) is 52.6 Å². The van der Waals surface area contributed by atoms with Crippen LogP contribution in [0.15, 0.2) is 61.9 Å². The lowest BCUT2D eigenvalue weighted by molar-refractivity contribution is -0.388. The van der Waals surface area contributed by atoms with E-state index in [2.05, 4.69) is 14.9 Å². The lowest BCUT2D eigenvalue weighted by Gasteiger charge is -2.20. The number of rotatable bonds is 7. The lowest BCUT2D eigenvalue weighted by Crippen LogP contribution is -2.40. The van der Waals surface area contributed by atoms with Crippen LogP contribution in [0.3, 0.4) is 0 Å². The van der Waals surface area contributed by atoms with Crippen LogP contribution in [0.2, 0.25) is 0 Å². The monoisotopic (exact) mass is 464 g/mol. The second kappa shape index (κ2) is 8.65. The van der Waals surface area contributed by atoms with Crippen molar-refractivity contribution in [2.75, 3.05) is 7.11 Å². The largest absolute Gasteiger partial charge is 0.497 e. The molecule has 1 aromatic heterocycles. The van der Waals surface area contributed by atoms with Crippen LogP contribution in [-0.2, 0) is 10.0 Å². The molecule has 31 heavy (non-hydrogen) atoms. The number of sulfonamides is 1. The zero-order chi connectivity index (χ0) is 22.8. The SMILES string of the molecule is COc1ccc(-c2nnc(Sc3ccc(S(=O)(=O)NC(C)(C)C)cc3[N+](=O)[O-])o2)cc1. The van der Waals surface area contributed by atoms with E-state index in [1.165, 1.54) is 12.1 Å². The summed E-state index contributed by atoms with van der Waals surface area (Å²) in [6, 6.07) is 10.6. The normalized spacial score (nSPS) is 12.0. The number of benzene rings is 2. The zero-order valence-electron chi connectivity index (χ0n) is 17.1. The Morgan fingerprint density at radius 2 is 1.81 bits per heavy atom. The third kappa shape index (κ3) is 5.60. The minimum atomic E-state index is -3.93. The summed E-state index contributed by atoms with van der Waals surface area (Å²) in [6.45, 7) is 5.04. The predicted octanol–water partition coefficient (Wildman–Crippen LogP) is 3.88. The molecule has 0 bridgehead atoms. The smallest absolute Gasteiger partial charge is 0.284 e.